The highest BCUT2D eigenvalue weighted by molar-refractivity contribution is 5.80. The fourth-order valence-corrected chi connectivity index (χ4v) is 4.58. The highest BCUT2D eigenvalue weighted by Gasteiger charge is 2.51. The van der Waals surface area contributed by atoms with Crippen molar-refractivity contribution in [2.24, 2.45) is 11.3 Å². The van der Waals surface area contributed by atoms with Gasteiger partial charge in [0, 0.05) is 51.2 Å². The van der Waals surface area contributed by atoms with Crippen molar-refractivity contribution in [3.8, 4) is 0 Å². The molecule has 2 aromatic rings. The summed E-state index contributed by atoms with van der Waals surface area (Å²) in [5, 5.41) is 0. The first kappa shape index (κ1) is 21.7. The van der Waals surface area contributed by atoms with Crippen LogP contribution in [-0.4, -0.2) is 69.0 Å². The third-order valence-electron chi connectivity index (χ3n) is 6.19. The molecule has 2 aliphatic rings. The molecule has 1 spiro atoms. The molecule has 4 rings (SSSR count). The van der Waals surface area contributed by atoms with Crippen molar-refractivity contribution in [1.29, 1.82) is 0 Å². The zero-order valence-corrected chi connectivity index (χ0v) is 17.2. The van der Waals surface area contributed by atoms with E-state index in [0.717, 1.165) is 19.0 Å². The van der Waals surface area contributed by atoms with Crippen molar-refractivity contribution < 1.29 is 22.7 Å². The van der Waals surface area contributed by atoms with E-state index in [1.807, 2.05) is 4.90 Å². The summed E-state index contributed by atoms with van der Waals surface area (Å²) in [5.41, 5.74) is -1.13. The Morgan fingerprint density at radius 2 is 2.00 bits per heavy atom. The van der Waals surface area contributed by atoms with Gasteiger partial charge in [0.05, 0.1) is 25.2 Å². The van der Waals surface area contributed by atoms with E-state index in [0.29, 0.717) is 38.7 Å². The zero-order chi connectivity index (χ0) is 22.1. The first-order chi connectivity index (χ1) is 14.8. The molecule has 1 N–H and O–H groups in total. The number of carbonyl (C=O) groups is 1. The van der Waals surface area contributed by atoms with Crippen molar-refractivity contribution in [3.05, 3.63) is 42.0 Å². The van der Waals surface area contributed by atoms with Gasteiger partial charge in [0.1, 0.15) is 17.3 Å². The van der Waals surface area contributed by atoms with Crippen LogP contribution in [0.2, 0.25) is 0 Å². The Bertz CT molecular complexity index is 898. The molecule has 31 heavy (non-hydrogen) atoms. The molecule has 1 amide bonds. The van der Waals surface area contributed by atoms with Crippen molar-refractivity contribution in [2.45, 2.75) is 32.1 Å². The van der Waals surface area contributed by atoms with Gasteiger partial charge in [-0.2, -0.15) is 13.2 Å². The number of aromatic amines is 1. The Morgan fingerprint density at radius 3 is 2.65 bits per heavy atom. The number of H-pyrrole nitrogens is 1. The summed E-state index contributed by atoms with van der Waals surface area (Å²) in [6.45, 7) is 2.75. The fourth-order valence-electron chi connectivity index (χ4n) is 4.58. The maximum absolute atomic E-state index is 13.4. The quantitative estimate of drug-likeness (QED) is 0.770. The second-order valence-electron chi connectivity index (χ2n) is 8.30. The van der Waals surface area contributed by atoms with Crippen molar-refractivity contribution in [3.63, 3.8) is 0 Å². The lowest BCUT2D eigenvalue weighted by molar-refractivity contribution is -0.141. The molecule has 1 atom stereocenters. The van der Waals surface area contributed by atoms with E-state index in [-0.39, 0.29) is 29.6 Å². The van der Waals surface area contributed by atoms with Gasteiger partial charge in [-0.15, -0.1) is 0 Å². The molecule has 0 bridgehead atoms. The molecular formula is C20H25F3N6O2. The summed E-state index contributed by atoms with van der Waals surface area (Å²) in [6.07, 6.45) is 1.10. The molecule has 0 radical (unpaired) electrons. The Hall–Kier alpha value is -2.53. The van der Waals surface area contributed by atoms with E-state index in [4.69, 9.17) is 4.74 Å². The molecular weight excluding hydrogens is 413 g/mol. The van der Waals surface area contributed by atoms with Crippen LogP contribution in [-0.2, 0) is 28.8 Å². The van der Waals surface area contributed by atoms with Gasteiger partial charge in [-0.25, -0.2) is 15.0 Å². The number of nitrogens with zero attached hydrogens (tertiary/aromatic N) is 5. The second-order valence-corrected chi connectivity index (χ2v) is 8.30. The Kier molecular flexibility index (Phi) is 5.98. The van der Waals surface area contributed by atoms with E-state index in [9.17, 15) is 18.0 Å². The van der Waals surface area contributed by atoms with E-state index < -0.39 is 11.9 Å². The third kappa shape index (κ3) is 4.72. The number of alkyl halides is 3. The minimum Gasteiger partial charge on any atom is -0.381 e. The smallest absolute Gasteiger partial charge is 0.381 e. The number of likely N-dealkylation sites (tertiary alicyclic amines) is 1. The zero-order valence-electron chi connectivity index (χ0n) is 17.2. The van der Waals surface area contributed by atoms with Gasteiger partial charge in [-0.05, 0) is 18.9 Å². The third-order valence-corrected chi connectivity index (χ3v) is 6.19. The molecule has 2 aliphatic heterocycles. The number of nitrogens with one attached hydrogen (secondary N) is 1. The summed E-state index contributed by atoms with van der Waals surface area (Å²) >= 11 is 0. The Balaban J connectivity index is 1.49. The van der Waals surface area contributed by atoms with Gasteiger partial charge in [0.15, 0.2) is 0 Å². The maximum atomic E-state index is 13.4. The number of halogens is 3. The molecule has 168 valence electrons. The van der Waals surface area contributed by atoms with Crippen LogP contribution >= 0.6 is 0 Å². The van der Waals surface area contributed by atoms with Gasteiger partial charge in [0.2, 0.25) is 5.91 Å². The van der Waals surface area contributed by atoms with Gasteiger partial charge in [-0.3, -0.25) is 9.69 Å². The van der Waals surface area contributed by atoms with Gasteiger partial charge >= 0.3 is 6.18 Å². The summed E-state index contributed by atoms with van der Waals surface area (Å²) in [5.74, 6) is 0.521. The largest absolute Gasteiger partial charge is 0.432 e. The molecule has 8 nitrogen and oxygen atoms in total. The van der Waals surface area contributed by atoms with Crippen molar-refractivity contribution >= 4 is 5.91 Å². The minimum absolute atomic E-state index is 0.00715. The van der Waals surface area contributed by atoms with Gasteiger partial charge in [0.25, 0.3) is 0 Å². The molecule has 2 fully saturated rings. The number of hydrogen-bond acceptors (Lipinski definition) is 6. The molecule has 0 aromatic carbocycles. The monoisotopic (exact) mass is 438 g/mol. The number of carbonyl (C=O) groups excluding carboxylic acids is 1. The van der Waals surface area contributed by atoms with Crippen LogP contribution in [0.1, 0.15) is 30.2 Å². The van der Waals surface area contributed by atoms with Crippen LogP contribution in [0.15, 0.2) is 24.7 Å². The summed E-state index contributed by atoms with van der Waals surface area (Å²) in [6, 6.07) is 1.72. The predicted octanol–water partition coefficient (Wildman–Crippen LogP) is 2.11. The van der Waals surface area contributed by atoms with E-state index in [1.165, 1.54) is 0 Å². The first-order valence-electron chi connectivity index (χ1n) is 10.2. The van der Waals surface area contributed by atoms with Crippen LogP contribution < -0.4 is 0 Å². The Labute approximate surface area is 177 Å². The van der Waals surface area contributed by atoms with E-state index in [1.54, 1.807) is 30.4 Å². The minimum atomic E-state index is -4.46. The van der Waals surface area contributed by atoms with Crippen molar-refractivity contribution in [2.75, 3.05) is 33.4 Å². The van der Waals surface area contributed by atoms with Crippen LogP contribution in [0.4, 0.5) is 13.2 Å². The fraction of sp³-hybridized carbons (Fsp3) is 0.600. The summed E-state index contributed by atoms with van der Waals surface area (Å²) in [4.78, 5) is 31.6. The average Bonchev–Trinajstić information content (AvgIpc) is 3.34. The van der Waals surface area contributed by atoms with Crippen LogP contribution in [0.3, 0.4) is 0 Å². The number of rotatable bonds is 5. The van der Waals surface area contributed by atoms with Crippen LogP contribution in [0.25, 0.3) is 0 Å². The number of aromatic nitrogens is 4. The molecule has 0 aliphatic carbocycles. The Morgan fingerprint density at radius 1 is 1.29 bits per heavy atom. The molecule has 4 heterocycles. The van der Waals surface area contributed by atoms with Gasteiger partial charge < -0.3 is 14.6 Å². The van der Waals surface area contributed by atoms with E-state index in [2.05, 4.69) is 19.9 Å². The van der Waals surface area contributed by atoms with Crippen molar-refractivity contribution in [1.82, 2.24) is 29.7 Å². The normalized spacial score (nSPS) is 21.5. The lowest BCUT2D eigenvalue weighted by Crippen LogP contribution is -2.45. The average molecular weight is 438 g/mol. The van der Waals surface area contributed by atoms with Gasteiger partial charge in [-0.1, -0.05) is 0 Å². The first-order valence-corrected chi connectivity index (χ1v) is 10.2. The summed E-state index contributed by atoms with van der Waals surface area (Å²) < 4.78 is 44.2. The molecule has 11 heteroatoms. The number of amides is 1. The second kappa shape index (κ2) is 8.54. The lowest BCUT2D eigenvalue weighted by atomic mass is 9.71. The van der Waals surface area contributed by atoms with Crippen LogP contribution in [0, 0.1) is 11.3 Å². The number of hydrogen-bond donors (Lipinski definition) is 1. The predicted molar refractivity (Wildman–Crippen MR) is 103 cm³/mol. The van der Waals surface area contributed by atoms with E-state index >= 15 is 0 Å². The van der Waals surface area contributed by atoms with Crippen LogP contribution in [0.5, 0.6) is 0 Å². The maximum Gasteiger partial charge on any atom is 0.432 e. The number of ether oxygens (including phenoxy) is 1. The molecule has 2 aromatic heterocycles. The standard InChI is InChI=1S/C20H25F3N6O2/c1-28(11-16-24-5-2-6-25-16)18(30)14-10-29(13-19(14)3-7-31-8-4-19)12-17-26-9-15(27-17)20(21,22)23/h2,5-6,9,14H,3-4,7-8,10-13H2,1H3,(H,26,27)/t14-/m1/s1. The topological polar surface area (TPSA) is 87.2 Å². The summed E-state index contributed by atoms with van der Waals surface area (Å²) in [7, 11) is 1.73. The number of imidazole rings is 1. The SMILES string of the molecule is CN(Cc1ncccn1)C(=O)[C@H]1CN(Cc2ncc(C(F)(F)F)[nH]2)CC12CCOCC2. The molecule has 2 saturated heterocycles. The molecule has 0 unspecified atom stereocenters. The highest BCUT2D eigenvalue weighted by atomic mass is 19.4. The highest BCUT2D eigenvalue weighted by Crippen LogP contribution is 2.45. The lowest BCUT2D eigenvalue weighted by Gasteiger charge is -2.38. The molecule has 0 saturated carbocycles.